The summed E-state index contributed by atoms with van der Waals surface area (Å²) >= 11 is 5.91. The number of carbonyl (C=O) groups excluding carboxylic acids is 2. The van der Waals surface area contributed by atoms with Gasteiger partial charge in [0.25, 0.3) is 0 Å². The van der Waals surface area contributed by atoms with Gasteiger partial charge in [-0.2, -0.15) is 0 Å². The van der Waals surface area contributed by atoms with Crippen LogP contribution in [-0.2, 0) is 4.74 Å². The highest BCUT2D eigenvalue weighted by molar-refractivity contribution is 6.30. The minimum absolute atomic E-state index is 0.106. The largest absolute Gasteiger partial charge is 0.465 e. The number of carbonyl (C=O) groups is 2. The third-order valence-electron chi connectivity index (χ3n) is 4.76. The van der Waals surface area contributed by atoms with E-state index in [9.17, 15) is 9.59 Å². The van der Waals surface area contributed by atoms with Gasteiger partial charge >= 0.3 is 5.97 Å². The third kappa shape index (κ3) is 5.37. The van der Waals surface area contributed by atoms with E-state index >= 15 is 0 Å². The molecule has 0 spiro atoms. The predicted octanol–water partition coefficient (Wildman–Crippen LogP) is 6.29. The lowest BCUT2D eigenvalue weighted by Gasteiger charge is -2.11. The Hall–Kier alpha value is -4.16. The SMILES string of the molecule is COC(=O)c1cc(C(=O)c2ccc(Nc3ccc(Cl)cc3)cc2)ncc1Oc1ccccc1. The van der Waals surface area contributed by atoms with Crippen molar-refractivity contribution in [3.8, 4) is 11.5 Å². The number of ketones is 1. The molecule has 0 unspecified atom stereocenters. The van der Waals surface area contributed by atoms with Crippen molar-refractivity contribution in [1.82, 2.24) is 4.98 Å². The van der Waals surface area contributed by atoms with Crippen LogP contribution in [-0.4, -0.2) is 23.8 Å². The Labute approximate surface area is 195 Å². The van der Waals surface area contributed by atoms with Gasteiger partial charge in [0.15, 0.2) is 5.75 Å². The van der Waals surface area contributed by atoms with Crippen molar-refractivity contribution in [1.29, 1.82) is 0 Å². The molecule has 0 bridgehead atoms. The van der Waals surface area contributed by atoms with E-state index in [-0.39, 0.29) is 22.8 Å². The monoisotopic (exact) mass is 458 g/mol. The zero-order valence-electron chi connectivity index (χ0n) is 17.6. The minimum atomic E-state index is -0.625. The van der Waals surface area contributed by atoms with Crippen LogP contribution in [0.2, 0.25) is 5.02 Å². The Morgan fingerprint density at radius 3 is 2.15 bits per heavy atom. The molecule has 0 saturated heterocycles. The van der Waals surface area contributed by atoms with Gasteiger partial charge in [0, 0.05) is 22.0 Å². The molecule has 1 heterocycles. The number of aromatic nitrogens is 1. The van der Waals surface area contributed by atoms with E-state index in [1.54, 1.807) is 48.5 Å². The summed E-state index contributed by atoms with van der Waals surface area (Å²) in [6, 6.07) is 24.6. The minimum Gasteiger partial charge on any atom is -0.465 e. The number of halogens is 1. The Balaban J connectivity index is 1.55. The van der Waals surface area contributed by atoms with Gasteiger partial charge in [-0.05, 0) is 66.7 Å². The lowest BCUT2D eigenvalue weighted by molar-refractivity contribution is 0.0597. The molecule has 6 nitrogen and oxygen atoms in total. The van der Waals surface area contributed by atoms with Crippen molar-refractivity contribution in [2.24, 2.45) is 0 Å². The molecule has 33 heavy (non-hydrogen) atoms. The fourth-order valence-corrected chi connectivity index (χ4v) is 3.21. The van der Waals surface area contributed by atoms with E-state index in [1.165, 1.54) is 19.4 Å². The van der Waals surface area contributed by atoms with E-state index in [2.05, 4.69) is 10.3 Å². The van der Waals surface area contributed by atoms with Crippen LogP contribution in [0.3, 0.4) is 0 Å². The second kappa shape index (κ2) is 9.97. The summed E-state index contributed by atoms with van der Waals surface area (Å²) in [5, 5.41) is 3.89. The van der Waals surface area contributed by atoms with Crippen LogP contribution in [0.1, 0.15) is 26.4 Å². The van der Waals surface area contributed by atoms with Gasteiger partial charge in [0.2, 0.25) is 5.78 Å². The number of ether oxygens (including phenoxy) is 2. The molecule has 7 heteroatoms. The van der Waals surface area contributed by atoms with Gasteiger partial charge in [-0.1, -0.05) is 29.8 Å². The molecule has 0 fully saturated rings. The summed E-state index contributed by atoms with van der Waals surface area (Å²) < 4.78 is 10.6. The van der Waals surface area contributed by atoms with Crippen molar-refractivity contribution in [2.75, 3.05) is 12.4 Å². The molecule has 0 aliphatic rings. The highest BCUT2D eigenvalue weighted by atomic mass is 35.5. The van der Waals surface area contributed by atoms with E-state index in [4.69, 9.17) is 21.1 Å². The van der Waals surface area contributed by atoms with E-state index in [1.807, 2.05) is 30.3 Å². The number of anilines is 2. The molecule has 0 saturated carbocycles. The number of benzene rings is 3. The van der Waals surface area contributed by atoms with Gasteiger partial charge in [-0.3, -0.25) is 4.79 Å². The zero-order valence-corrected chi connectivity index (χ0v) is 18.4. The normalized spacial score (nSPS) is 10.4. The van der Waals surface area contributed by atoms with Crippen LogP contribution in [0, 0.1) is 0 Å². The highest BCUT2D eigenvalue weighted by Gasteiger charge is 2.19. The summed E-state index contributed by atoms with van der Waals surface area (Å²) in [6.45, 7) is 0. The molecular formula is C26H19ClN2O4. The summed E-state index contributed by atoms with van der Waals surface area (Å²) in [4.78, 5) is 29.5. The molecular weight excluding hydrogens is 440 g/mol. The first-order valence-corrected chi connectivity index (χ1v) is 10.4. The summed E-state index contributed by atoms with van der Waals surface area (Å²) in [6.07, 6.45) is 1.35. The lowest BCUT2D eigenvalue weighted by atomic mass is 10.1. The average Bonchev–Trinajstić information content (AvgIpc) is 2.86. The number of nitrogens with one attached hydrogen (secondary N) is 1. The van der Waals surface area contributed by atoms with Crippen molar-refractivity contribution in [3.63, 3.8) is 0 Å². The Morgan fingerprint density at radius 2 is 1.52 bits per heavy atom. The molecule has 4 rings (SSSR count). The first-order valence-electron chi connectivity index (χ1n) is 10.0. The Kier molecular flexibility index (Phi) is 6.66. The molecule has 0 aliphatic heterocycles. The summed E-state index contributed by atoms with van der Waals surface area (Å²) in [5.74, 6) is -0.219. The van der Waals surface area contributed by atoms with Crippen LogP contribution < -0.4 is 10.1 Å². The third-order valence-corrected chi connectivity index (χ3v) is 5.01. The fraction of sp³-hybridized carbons (Fsp3) is 0.0385. The number of hydrogen-bond donors (Lipinski definition) is 1. The number of hydrogen-bond acceptors (Lipinski definition) is 6. The van der Waals surface area contributed by atoms with Gasteiger partial charge in [-0.25, -0.2) is 9.78 Å². The first kappa shape index (κ1) is 22.0. The number of rotatable bonds is 7. The van der Waals surface area contributed by atoms with Crippen LogP contribution in [0.15, 0.2) is 91.1 Å². The van der Waals surface area contributed by atoms with Crippen molar-refractivity contribution in [2.45, 2.75) is 0 Å². The number of pyridine rings is 1. The van der Waals surface area contributed by atoms with E-state index < -0.39 is 5.97 Å². The average molecular weight is 459 g/mol. The first-order chi connectivity index (χ1) is 16.0. The maximum Gasteiger partial charge on any atom is 0.341 e. The number of methoxy groups -OCH3 is 1. The number of nitrogens with zero attached hydrogens (tertiary/aromatic N) is 1. The molecule has 0 amide bonds. The molecule has 4 aromatic rings. The van der Waals surface area contributed by atoms with Crippen LogP contribution in [0.4, 0.5) is 11.4 Å². The maximum absolute atomic E-state index is 13.0. The van der Waals surface area contributed by atoms with Crippen LogP contribution in [0.5, 0.6) is 11.5 Å². The highest BCUT2D eigenvalue weighted by Crippen LogP contribution is 2.27. The second-order valence-corrected chi connectivity index (χ2v) is 7.45. The van der Waals surface area contributed by atoms with Gasteiger partial charge < -0.3 is 14.8 Å². The van der Waals surface area contributed by atoms with Gasteiger partial charge in [0.1, 0.15) is 17.0 Å². The fourth-order valence-electron chi connectivity index (χ4n) is 3.09. The topological polar surface area (TPSA) is 77.5 Å². The number of esters is 1. The van der Waals surface area contributed by atoms with E-state index in [0.29, 0.717) is 16.3 Å². The molecule has 3 aromatic carbocycles. The van der Waals surface area contributed by atoms with Crippen molar-refractivity contribution in [3.05, 3.63) is 113 Å². The lowest BCUT2D eigenvalue weighted by Crippen LogP contribution is -2.10. The summed E-state index contributed by atoms with van der Waals surface area (Å²) in [5.41, 5.74) is 2.33. The van der Waals surface area contributed by atoms with E-state index in [0.717, 1.165) is 11.4 Å². The summed E-state index contributed by atoms with van der Waals surface area (Å²) in [7, 11) is 1.27. The van der Waals surface area contributed by atoms with Crippen LogP contribution in [0.25, 0.3) is 0 Å². The Morgan fingerprint density at radius 1 is 0.879 bits per heavy atom. The smallest absolute Gasteiger partial charge is 0.341 e. The van der Waals surface area contributed by atoms with Gasteiger partial charge in [-0.15, -0.1) is 0 Å². The van der Waals surface area contributed by atoms with Crippen molar-refractivity contribution < 1.29 is 19.1 Å². The molecule has 0 atom stereocenters. The standard InChI is InChI=1S/C26H19ClN2O4/c1-32-26(31)22-15-23(28-16-24(22)33-21-5-3-2-4-6-21)25(30)17-7-11-19(12-8-17)29-20-13-9-18(27)10-14-20/h2-16,29H,1H3. The quantitative estimate of drug-likeness (QED) is 0.259. The molecule has 0 radical (unpaired) electrons. The molecule has 1 N–H and O–H groups in total. The second-order valence-electron chi connectivity index (χ2n) is 7.01. The molecule has 1 aromatic heterocycles. The van der Waals surface area contributed by atoms with Gasteiger partial charge in [0.05, 0.1) is 13.3 Å². The van der Waals surface area contributed by atoms with Crippen molar-refractivity contribution >= 4 is 34.7 Å². The number of para-hydroxylation sites is 1. The van der Waals surface area contributed by atoms with Crippen LogP contribution >= 0.6 is 11.6 Å². The molecule has 0 aliphatic carbocycles. The maximum atomic E-state index is 13.0. The Bertz CT molecular complexity index is 1270. The predicted molar refractivity (Wildman–Crippen MR) is 127 cm³/mol. The zero-order chi connectivity index (χ0) is 23.2. The molecule has 164 valence electrons.